The predicted octanol–water partition coefficient (Wildman–Crippen LogP) is 2.23. The summed E-state index contributed by atoms with van der Waals surface area (Å²) < 4.78 is 1.56. The SMILES string of the molecule is CC(C)C(O)CC(O)(Cn1cncn1)c1ccc(Cl)cc1. The predicted molar refractivity (Wildman–Crippen MR) is 80.8 cm³/mol. The molecule has 2 N–H and O–H groups in total. The van der Waals surface area contributed by atoms with Gasteiger partial charge in [0.15, 0.2) is 0 Å². The molecule has 2 unspecified atom stereocenters. The molecule has 1 aromatic carbocycles. The van der Waals surface area contributed by atoms with Gasteiger partial charge in [0.1, 0.15) is 18.3 Å². The second-order valence-electron chi connectivity index (χ2n) is 5.65. The van der Waals surface area contributed by atoms with E-state index in [4.69, 9.17) is 11.6 Å². The molecule has 2 aromatic rings. The molecule has 0 amide bonds. The average molecular weight is 310 g/mol. The highest BCUT2D eigenvalue weighted by molar-refractivity contribution is 6.30. The van der Waals surface area contributed by atoms with Crippen LogP contribution in [0.2, 0.25) is 5.02 Å². The molecule has 6 heteroatoms. The molecule has 0 fully saturated rings. The summed E-state index contributed by atoms with van der Waals surface area (Å²) in [6.45, 7) is 4.06. The first-order valence-electron chi connectivity index (χ1n) is 6.89. The van der Waals surface area contributed by atoms with Crippen LogP contribution >= 0.6 is 11.6 Å². The van der Waals surface area contributed by atoms with Gasteiger partial charge < -0.3 is 10.2 Å². The van der Waals surface area contributed by atoms with Crippen molar-refractivity contribution in [3.05, 3.63) is 47.5 Å². The third-order valence-electron chi connectivity index (χ3n) is 3.59. The van der Waals surface area contributed by atoms with Gasteiger partial charge in [-0.1, -0.05) is 37.6 Å². The summed E-state index contributed by atoms with van der Waals surface area (Å²) in [6, 6.07) is 6.99. The number of nitrogens with zero attached hydrogens (tertiary/aromatic N) is 3. The van der Waals surface area contributed by atoms with E-state index in [-0.39, 0.29) is 18.9 Å². The van der Waals surface area contributed by atoms with E-state index >= 15 is 0 Å². The maximum atomic E-state index is 11.1. The van der Waals surface area contributed by atoms with Crippen molar-refractivity contribution in [2.24, 2.45) is 5.92 Å². The van der Waals surface area contributed by atoms with Gasteiger partial charge >= 0.3 is 0 Å². The van der Waals surface area contributed by atoms with Gasteiger partial charge in [-0.2, -0.15) is 5.10 Å². The summed E-state index contributed by atoms with van der Waals surface area (Å²) in [4.78, 5) is 3.89. The van der Waals surface area contributed by atoms with Gasteiger partial charge in [-0.25, -0.2) is 9.67 Å². The van der Waals surface area contributed by atoms with Gasteiger partial charge in [0.25, 0.3) is 0 Å². The lowest BCUT2D eigenvalue weighted by Gasteiger charge is -2.32. The first kappa shape index (κ1) is 15.9. The average Bonchev–Trinajstić information content (AvgIpc) is 2.91. The molecule has 21 heavy (non-hydrogen) atoms. The zero-order valence-corrected chi connectivity index (χ0v) is 12.9. The number of benzene rings is 1. The molecule has 0 radical (unpaired) electrons. The van der Waals surface area contributed by atoms with Gasteiger partial charge in [-0.3, -0.25) is 0 Å². The molecule has 0 aliphatic rings. The molecule has 0 saturated carbocycles. The summed E-state index contributed by atoms with van der Waals surface area (Å²) >= 11 is 5.90. The van der Waals surface area contributed by atoms with Crippen LogP contribution in [0.3, 0.4) is 0 Å². The lowest BCUT2D eigenvalue weighted by Crippen LogP contribution is -2.37. The second kappa shape index (κ2) is 6.56. The van der Waals surface area contributed by atoms with E-state index < -0.39 is 11.7 Å². The summed E-state index contributed by atoms with van der Waals surface area (Å²) in [7, 11) is 0. The molecule has 0 aliphatic carbocycles. The molecule has 5 nitrogen and oxygen atoms in total. The van der Waals surface area contributed by atoms with Crippen molar-refractivity contribution >= 4 is 11.6 Å². The Morgan fingerprint density at radius 2 is 1.95 bits per heavy atom. The summed E-state index contributed by atoms with van der Waals surface area (Å²) in [5.41, 5.74) is -0.538. The van der Waals surface area contributed by atoms with E-state index in [2.05, 4.69) is 10.1 Å². The molecular weight excluding hydrogens is 290 g/mol. The van der Waals surface area contributed by atoms with Crippen molar-refractivity contribution in [1.82, 2.24) is 14.8 Å². The fourth-order valence-electron chi connectivity index (χ4n) is 2.20. The van der Waals surface area contributed by atoms with E-state index in [0.29, 0.717) is 10.6 Å². The van der Waals surface area contributed by atoms with E-state index in [1.807, 2.05) is 13.8 Å². The van der Waals surface area contributed by atoms with Gasteiger partial charge in [-0.15, -0.1) is 0 Å². The molecule has 114 valence electrons. The smallest absolute Gasteiger partial charge is 0.137 e. The number of hydrogen-bond acceptors (Lipinski definition) is 4. The van der Waals surface area contributed by atoms with E-state index in [1.165, 1.54) is 6.33 Å². The van der Waals surface area contributed by atoms with Crippen LogP contribution in [-0.2, 0) is 12.1 Å². The monoisotopic (exact) mass is 309 g/mol. The van der Waals surface area contributed by atoms with Crippen molar-refractivity contribution in [3.8, 4) is 0 Å². The molecule has 2 atom stereocenters. The summed E-state index contributed by atoms with van der Waals surface area (Å²) in [6.07, 6.45) is 2.56. The Balaban J connectivity index is 2.30. The van der Waals surface area contributed by atoms with Gasteiger partial charge in [0.2, 0.25) is 0 Å². The largest absolute Gasteiger partial charge is 0.393 e. The minimum atomic E-state index is -1.23. The molecule has 1 aromatic heterocycles. The number of aliphatic hydroxyl groups is 2. The molecule has 0 bridgehead atoms. The highest BCUT2D eigenvalue weighted by Gasteiger charge is 2.34. The second-order valence-corrected chi connectivity index (χ2v) is 6.08. The Kier molecular flexibility index (Phi) is 4.98. The Morgan fingerprint density at radius 3 is 2.48 bits per heavy atom. The van der Waals surface area contributed by atoms with Crippen molar-refractivity contribution in [3.63, 3.8) is 0 Å². The summed E-state index contributed by atoms with van der Waals surface area (Å²) in [5.74, 6) is 0.0552. The third-order valence-corrected chi connectivity index (χ3v) is 3.84. The fraction of sp³-hybridized carbons (Fsp3) is 0.467. The quantitative estimate of drug-likeness (QED) is 0.858. The van der Waals surface area contributed by atoms with E-state index in [0.717, 1.165) is 0 Å². The molecule has 1 heterocycles. The van der Waals surface area contributed by atoms with Crippen LogP contribution in [0.5, 0.6) is 0 Å². The van der Waals surface area contributed by atoms with E-state index in [1.54, 1.807) is 35.3 Å². The zero-order valence-electron chi connectivity index (χ0n) is 12.1. The number of aliphatic hydroxyl groups excluding tert-OH is 1. The van der Waals surface area contributed by atoms with Crippen LogP contribution in [0.15, 0.2) is 36.9 Å². The highest BCUT2D eigenvalue weighted by atomic mass is 35.5. The Labute approximate surface area is 129 Å². The van der Waals surface area contributed by atoms with Crippen LogP contribution in [-0.4, -0.2) is 31.1 Å². The maximum Gasteiger partial charge on any atom is 0.137 e. The minimum absolute atomic E-state index is 0.0552. The Hall–Kier alpha value is -1.43. The zero-order chi connectivity index (χ0) is 15.5. The molecular formula is C15H20ClN3O2. The first-order chi connectivity index (χ1) is 9.90. The topological polar surface area (TPSA) is 71.2 Å². The lowest BCUT2D eigenvalue weighted by atomic mass is 9.85. The molecule has 0 saturated heterocycles. The standard InChI is InChI=1S/C15H20ClN3O2/c1-11(2)14(20)7-15(21,8-19-10-17-9-18-19)12-3-5-13(16)6-4-12/h3-6,9-11,14,20-21H,7-8H2,1-2H3. The van der Waals surface area contributed by atoms with Crippen molar-refractivity contribution in [1.29, 1.82) is 0 Å². The van der Waals surface area contributed by atoms with Crippen LogP contribution in [0.1, 0.15) is 25.8 Å². The highest BCUT2D eigenvalue weighted by Crippen LogP contribution is 2.31. The van der Waals surface area contributed by atoms with Crippen molar-refractivity contribution in [2.45, 2.75) is 38.5 Å². The molecule has 0 spiro atoms. The van der Waals surface area contributed by atoms with Crippen molar-refractivity contribution < 1.29 is 10.2 Å². The Bertz CT molecular complexity index is 557. The van der Waals surface area contributed by atoms with Crippen molar-refractivity contribution in [2.75, 3.05) is 0 Å². The van der Waals surface area contributed by atoms with Crippen LogP contribution < -0.4 is 0 Å². The van der Waals surface area contributed by atoms with Crippen LogP contribution in [0, 0.1) is 5.92 Å². The number of aromatic nitrogens is 3. The molecule has 0 aliphatic heterocycles. The van der Waals surface area contributed by atoms with Gasteiger partial charge in [-0.05, 0) is 23.6 Å². The van der Waals surface area contributed by atoms with Gasteiger partial charge in [0, 0.05) is 11.4 Å². The number of hydrogen-bond donors (Lipinski definition) is 2. The van der Waals surface area contributed by atoms with Gasteiger partial charge in [0.05, 0.1) is 12.6 Å². The van der Waals surface area contributed by atoms with Crippen LogP contribution in [0.25, 0.3) is 0 Å². The fourth-order valence-corrected chi connectivity index (χ4v) is 2.32. The first-order valence-corrected chi connectivity index (χ1v) is 7.27. The number of rotatable bonds is 6. The summed E-state index contributed by atoms with van der Waals surface area (Å²) in [5, 5.41) is 25.9. The van der Waals surface area contributed by atoms with E-state index in [9.17, 15) is 10.2 Å². The normalized spacial score (nSPS) is 15.9. The van der Waals surface area contributed by atoms with Crippen LogP contribution in [0.4, 0.5) is 0 Å². The molecule has 2 rings (SSSR count). The lowest BCUT2D eigenvalue weighted by molar-refractivity contribution is -0.0422. The maximum absolute atomic E-state index is 11.1. The third kappa shape index (κ3) is 4.03. The number of halogens is 1. The minimum Gasteiger partial charge on any atom is -0.393 e. The Morgan fingerprint density at radius 1 is 1.29 bits per heavy atom.